The number of esters is 2. The van der Waals surface area contributed by atoms with Crippen molar-refractivity contribution in [2.24, 2.45) is 0 Å². The lowest BCUT2D eigenvalue weighted by molar-refractivity contribution is -0.384. The summed E-state index contributed by atoms with van der Waals surface area (Å²) in [5, 5.41) is 14.3. The molecule has 0 saturated carbocycles. The molecule has 2 aromatic carbocycles. The van der Waals surface area contributed by atoms with Crippen LogP contribution in [0.1, 0.15) is 42.1 Å². The maximum absolute atomic E-state index is 13.2. The van der Waals surface area contributed by atoms with Crippen molar-refractivity contribution in [2.45, 2.75) is 26.2 Å². The first-order valence-electron chi connectivity index (χ1n) is 11.1. The van der Waals surface area contributed by atoms with Crippen molar-refractivity contribution in [2.75, 3.05) is 19.5 Å². The molecule has 1 aliphatic heterocycles. The number of nitro groups is 1. The van der Waals surface area contributed by atoms with Crippen LogP contribution in [0.15, 0.2) is 77.1 Å². The predicted octanol–water partition coefficient (Wildman–Crippen LogP) is 4.51. The summed E-state index contributed by atoms with van der Waals surface area (Å²) in [5.41, 5.74) is 2.09. The molecule has 188 valence electrons. The number of allylic oxidation sites excluding steroid dienone is 2. The number of hydrogen-bond donors (Lipinski definition) is 1. The number of methoxy groups -OCH3 is 1. The Balaban J connectivity index is 1.76. The molecule has 1 unspecified atom stereocenters. The lowest BCUT2D eigenvalue weighted by atomic mass is 9.80. The monoisotopic (exact) mass is 510 g/mol. The van der Waals surface area contributed by atoms with Crippen molar-refractivity contribution < 1.29 is 28.8 Å². The number of thioether (sulfide) groups is 1. The van der Waals surface area contributed by atoms with E-state index >= 15 is 0 Å². The van der Waals surface area contributed by atoms with E-state index in [2.05, 4.69) is 5.32 Å². The third-order valence-electron chi connectivity index (χ3n) is 5.56. The first-order valence-corrected chi connectivity index (χ1v) is 12.1. The lowest BCUT2D eigenvalue weighted by Crippen LogP contribution is -2.32. The number of carbonyl (C=O) groups is 3. The first kappa shape index (κ1) is 26.7. The normalized spacial score (nSPS) is 15.2. The van der Waals surface area contributed by atoms with E-state index in [1.54, 1.807) is 44.2 Å². The summed E-state index contributed by atoms with van der Waals surface area (Å²) in [7, 11) is 1.23. The van der Waals surface area contributed by atoms with Crippen LogP contribution in [0.5, 0.6) is 0 Å². The number of rotatable bonds is 9. The van der Waals surface area contributed by atoms with Gasteiger partial charge in [0.1, 0.15) is 0 Å². The van der Waals surface area contributed by atoms with Crippen molar-refractivity contribution in [3.05, 3.63) is 98.4 Å². The minimum Gasteiger partial charge on any atom is -0.466 e. The van der Waals surface area contributed by atoms with Crippen LogP contribution >= 0.6 is 11.8 Å². The highest BCUT2D eigenvalue weighted by atomic mass is 32.2. The summed E-state index contributed by atoms with van der Waals surface area (Å²) in [4.78, 5) is 48.9. The van der Waals surface area contributed by atoms with Crippen LogP contribution in [0.2, 0.25) is 0 Å². The fourth-order valence-electron chi connectivity index (χ4n) is 3.92. The van der Waals surface area contributed by atoms with E-state index in [1.807, 2.05) is 6.07 Å². The molecule has 0 bridgehead atoms. The Morgan fingerprint density at radius 3 is 2.31 bits per heavy atom. The Morgan fingerprint density at radius 1 is 1.00 bits per heavy atom. The van der Waals surface area contributed by atoms with Gasteiger partial charge in [0.05, 0.1) is 35.7 Å². The van der Waals surface area contributed by atoms with Gasteiger partial charge < -0.3 is 14.8 Å². The Morgan fingerprint density at radius 2 is 1.67 bits per heavy atom. The van der Waals surface area contributed by atoms with E-state index in [9.17, 15) is 24.5 Å². The number of ether oxygens (including phenoxy) is 2. The number of carbonyl (C=O) groups excluding carboxylic acids is 3. The van der Waals surface area contributed by atoms with E-state index in [0.717, 1.165) is 11.8 Å². The molecule has 1 N–H and O–H groups in total. The lowest BCUT2D eigenvalue weighted by Gasteiger charge is -2.30. The number of nitro benzene ring substituents is 1. The van der Waals surface area contributed by atoms with Crippen LogP contribution in [0, 0.1) is 10.1 Å². The maximum Gasteiger partial charge on any atom is 0.336 e. The third kappa shape index (κ3) is 6.19. The fraction of sp³-hybridized carbons (Fsp3) is 0.269. The van der Waals surface area contributed by atoms with Gasteiger partial charge in [0.25, 0.3) is 5.69 Å². The molecule has 0 amide bonds. The van der Waals surface area contributed by atoms with Gasteiger partial charge in [0, 0.05) is 34.8 Å². The maximum atomic E-state index is 13.2. The average Bonchev–Trinajstić information content (AvgIpc) is 2.87. The Bertz CT molecular complexity index is 1240. The second-order valence-electron chi connectivity index (χ2n) is 7.97. The van der Waals surface area contributed by atoms with Gasteiger partial charge in [0.2, 0.25) is 5.12 Å². The van der Waals surface area contributed by atoms with Gasteiger partial charge in [-0.1, -0.05) is 54.2 Å². The van der Waals surface area contributed by atoms with Crippen LogP contribution in [-0.4, -0.2) is 41.4 Å². The van der Waals surface area contributed by atoms with Crippen molar-refractivity contribution >= 4 is 34.5 Å². The highest BCUT2D eigenvalue weighted by Crippen LogP contribution is 2.40. The van der Waals surface area contributed by atoms with Crippen LogP contribution in [0.3, 0.4) is 0 Å². The summed E-state index contributed by atoms with van der Waals surface area (Å²) in [6, 6.07) is 14.7. The number of non-ortho nitro benzene ring substituents is 1. The Kier molecular flexibility index (Phi) is 9.02. The molecule has 1 aliphatic rings. The van der Waals surface area contributed by atoms with E-state index in [1.165, 1.54) is 25.3 Å². The molecule has 3 rings (SSSR count). The molecule has 36 heavy (non-hydrogen) atoms. The second kappa shape index (κ2) is 12.2. The van der Waals surface area contributed by atoms with E-state index < -0.39 is 22.8 Å². The highest BCUT2D eigenvalue weighted by Gasteiger charge is 2.38. The molecule has 0 spiro atoms. The standard InChI is InChI=1S/C26H26N2O7S/c1-16-21(24(29)34-3)23(19-11-7-12-20(15-19)28(32)33)22(17(2)27-16)25(30)35-13-8-14-36-26(31)18-9-5-4-6-10-18/h4-7,9-12,15,23,27H,8,13-14H2,1-3H3. The molecule has 10 heteroatoms. The topological polar surface area (TPSA) is 125 Å². The van der Waals surface area contributed by atoms with Crippen molar-refractivity contribution in [3.63, 3.8) is 0 Å². The van der Waals surface area contributed by atoms with Gasteiger partial charge in [-0.15, -0.1) is 0 Å². The summed E-state index contributed by atoms with van der Waals surface area (Å²) in [5.74, 6) is -1.78. The van der Waals surface area contributed by atoms with E-state index in [-0.39, 0.29) is 28.6 Å². The fourth-order valence-corrected chi connectivity index (χ4v) is 4.67. The third-order valence-corrected chi connectivity index (χ3v) is 6.56. The van der Waals surface area contributed by atoms with Gasteiger partial charge in [-0.25, -0.2) is 9.59 Å². The number of hydrogen-bond acceptors (Lipinski definition) is 9. The van der Waals surface area contributed by atoms with Crippen LogP contribution in [0.4, 0.5) is 5.69 Å². The smallest absolute Gasteiger partial charge is 0.336 e. The summed E-state index contributed by atoms with van der Waals surface area (Å²) >= 11 is 1.14. The van der Waals surface area contributed by atoms with E-state index in [4.69, 9.17) is 9.47 Å². The van der Waals surface area contributed by atoms with Crippen LogP contribution < -0.4 is 5.32 Å². The molecule has 0 radical (unpaired) electrons. The second-order valence-corrected chi connectivity index (χ2v) is 9.04. The van der Waals surface area contributed by atoms with Gasteiger partial charge in [-0.05, 0) is 25.8 Å². The van der Waals surface area contributed by atoms with Crippen molar-refractivity contribution in [1.82, 2.24) is 5.32 Å². The minimum absolute atomic E-state index is 0.0581. The first-order chi connectivity index (χ1) is 17.2. The zero-order chi connectivity index (χ0) is 26.2. The zero-order valence-corrected chi connectivity index (χ0v) is 20.9. The largest absolute Gasteiger partial charge is 0.466 e. The Labute approximate surface area is 212 Å². The van der Waals surface area contributed by atoms with Gasteiger partial charge >= 0.3 is 11.9 Å². The number of nitrogens with one attached hydrogen (secondary N) is 1. The minimum atomic E-state index is -0.917. The molecule has 2 aromatic rings. The highest BCUT2D eigenvalue weighted by molar-refractivity contribution is 8.14. The van der Waals surface area contributed by atoms with E-state index in [0.29, 0.717) is 34.7 Å². The molecule has 9 nitrogen and oxygen atoms in total. The molecule has 1 heterocycles. The molecule has 0 saturated heterocycles. The van der Waals surface area contributed by atoms with Crippen molar-refractivity contribution in [3.8, 4) is 0 Å². The number of dihydropyridines is 1. The zero-order valence-electron chi connectivity index (χ0n) is 20.1. The quantitative estimate of drug-likeness (QED) is 0.224. The predicted molar refractivity (Wildman–Crippen MR) is 135 cm³/mol. The summed E-state index contributed by atoms with van der Waals surface area (Å²) in [6.45, 7) is 3.40. The number of benzene rings is 2. The Hall–Kier alpha value is -3.92. The SMILES string of the molecule is COC(=O)C1=C(C)NC(C)=C(C(=O)OCCCSC(=O)c2ccccc2)C1c1cccc([N+](=O)[O-])c1. The van der Waals surface area contributed by atoms with Gasteiger partial charge in [0.15, 0.2) is 0 Å². The van der Waals surface area contributed by atoms with Crippen LogP contribution in [-0.2, 0) is 19.1 Å². The van der Waals surface area contributed by atoms with Gasteiger partial charge in [-0.3, -0.25) is 14.9 Å². The summed E-state index contributed by atoms with van der Waals surface area (Å²) < 4.78 is 10.4. The van der Waals surface area contributed by atoms with Crippen molar-refractivity contribution in [1.29, 1.82) is 0 Å². The molecule has 0 aromatic heterocycles. The van der Waals surface area contributed by atoms with Gasteiger partial charge in [-0.2, -0.15) is 0 Å². The van der Waals surface area contributed by atoms with Crippen LogP contribution in [0.25, 0.3) is 0 Å². The molecule has 0 fully saturated rings. The molecular weight excluding hydrogens is 484 g/mol. The molecule has 0 aliphatic carbocycles. The summed E-state index contributed by atoms with van der Waals surface area (Å²) in [6.07, 6.45) is 0.439. The number of nitrogens with zero attached hydrogens (tertiary/aromatic N) is 1. The molecular formula is C26H26N2O7S. The average molecular weight is 511 g/mol. The molecule has 1 atom stereocenters.